The molecule has 0 heterocycles. The fourth-order valence-corrected chi connectivity index (χ4v) is 3.64. The first-order valence-electron chi connectivity index (χ1n) is 10.7. The molecule has 0 unspecified atom stereocenters. The van der Waals surface area contributed by atoms with Gasteiger partial charge in [-0.3, -0.25) is 9.69 Å². The SMILES string of the molecule is CC(=O)[C@](CS)(C(=O)O)N(CC=C(C)CCC=C(C)C)CC=C(C)CCC=C(C)C. The van der Waals surface area contributed by atoms with E-state index in [-0.39, 0.29) is 5.75 Å². The molecule has 0 fully saturated rings. The average Bonchev–Trinajstić information content (AvgIpc) is 2.62. The third kappa shape index (κ3) is 9.94. The molecular formula is C25H41NO3S. The van der Waals surface area contributed by atoms with Gasteiger partial charge in [0, 0.05) is 18.8 Å². The smallest absolute Gasteiger partial charge is 0.332 e. The van der Waals surface area contributed by atoms with Crippen LogP contribution in [0.2, 0.25) is 0 Å². The van der Waals surface area contributed by atoms with Crippen LogP contribution in [-0.2, 0) is 9.59 Å². The first-order chi connectivity index (χ1) is 14.0. The molecule has 0 saturated heterocycles. The number of thiol groups is 1. The highest BCUT2D eigenvalue weighted by Crippen LogP contribution is 2.22. The van der Waals surface area contributed by atoms with Gasteiger partial charge in [0.2, 0.25) is 0 Å². The van der Waals surface area contributed by atoms with E-state index < -0.39 is 17.3 Å². The van der Waals surface area contributed by atoms with Crippen LogP contribution in [0.25, 0.3) is 0 Å². The molecular weight excluding hydrogens is 394 g/mol. The van der Waals surface area contributed by atoms with Crippen LogP contribution in [0.15, 0.2) is 46.6 Å². The van der Waals surface area contributed by atoms with E-state index in [0.717, 1.165) is 25.7 Å². The van der Waals surface area contributed by atoms with Crippen molar-refractivity contribution < 1.29 is 14.7 Å². The summed E-state index contributed by atoms with van der Waals surface area (Å²) in [5.74, 6) is -1.60. The molecule has 1 N–H and O–H groups in total. The number of aliphatic carboxylic acids is 1. The van der Waals surface area contributed by atoms with Gasteiger partial charge in [-0.15, -0.1) is 0 Å². The minimum atomic E-state index is -1.63. The molecule has 0 aliphatic carbocycles. The van der Waals surface area contributed by atoms with Gasteiger partial charge in [0.15, 0.2) is 11.3 Å². The van der Waals surface area contributed by atoms with E-state index in [9.17, 15) is 14.7 Å². The number of Topliss-reactive ketones (excluding diaryl/α,β-unsaturated/α-hetero) is 1. The van der Waals surface area contributed by atoms with Gasteiger partial charge in [0.1, 0.15) is 0 Å². The number of carbonyl (C=O) groups excluding carboxylic acids is 1. The second kappa shape index (κ2) is 14.4. The zero-order valence-electron chi connectivity index (χ0n) is 19.9. The maximum atomic E-state index is 12.4. The molecule has 0 rings (SSSR count). The molecule has 1 atom stereocenters. The van der Waals surface area contributed by atoms with Crippen LogP contribution in [0.3, 0.4) is 0 Å². The Labute approximate surface area is 189 Å². The first-order valence-corrected chi connectivity index (χ1v) is 11.3. The summed E-state index contributed by atoms with van der Waals surface area (Å²) in [7, 11) is 0. The number of allylic oxidation sites excluding steroid dienone is 6. The molecule has 170 valence electrons. The van der Waals surface area contributed by atoms with Crippen molar-refractivity contribution in [3.8, 4) is 0 Å². The molecule has 0 aromatic heterocycles. The lowest BCUT2D eigenvalue weighted by Crippen LogP contribution is -2.61. The normalized spacial score (nSPS) is 14.3. The number of carbonyl (C=O) groups is 2. The van der Waals surface area contributed by atoms with E-state index in [1.165, 1.54) is 29.2 Å². The zero-order valence-corrected chi connectivity index (χ0v) is 20.8. The molecule has 0 bridgehead atoms. The lowest BCUT2D eigenvalue weighted by atomic mass is 9.94. The van der Waals surface area contributed by atoms with Crippen LogP contribution >= 0.6 is 12.6 Å². The van der Waals surface area contributed by atoms with Gasteiger partial charge in [-0.25, -0.2) is 4.79 Å². The summed E-state index contributed by atoms with van der Waals surface area (Å²) >= 11 is 4.27. The summed E-state index contributed by atoms with van der Waals surface area (Å²) in [4.78, 5) is 26.3. The van der Waals surface area contributed by atoms with Crippen LogP contribution in [0, 0.1) is 0 Å². The van der Waals surface area contributed by atoms with Crippen LogP contribution in [0.4, 0.5) is 0 Å². The fraction of sp³-hybridized carbons (Fsp3) is 0.600. The molecule has 0 amide bonds. The first kappa shape index (κ1) is 28.4. The minimum absolute atomic E-state index is 0.0625. The Balaban J connectivity index is 5.60. The predicted octanol–water partition coefficient (Wildman–Crippen LogP) is 6.02. The number of carboxylic acid groups (broad SMARTS) is 1. The average molecular weight is 436 g/mol. The Morgan fingerprint density at radius 1 is 0.800 bits per heavy atom. The largest absolute Gasteiger partial charge is 0.480 e. The third-order valence-corrected chi connectivity index (χ3v) is 5.67. The van der Waals surface area contributed by atoms with Crippen molar-refractivity contribution in [3.05, 3.63) is 46.6 Å². The van der Waals surface area contributed by atoms with Crippen LogP contribution in [-0.4, -0.2) is 46.1 Å². The summed E-state index contributed by atoms with van der Waals surface area (Å²) in [5.41, 5.74) is 3.31. The van der Waals surface area contributed by atoms with E-state index in [0.29, 0.717) is 13.1 Å². The van der Waals surface area contributed by atoms with Gasteiger partial charge in [-0.2, -0.15) is 12.6 Å². The molecule has 30 heavy (non-hydrogen) atoms. The molecule has 5 heteroatoms. The second-order valence-electron chi connectivity index (χ2n) is 8.53. The van der Waals surface area contributed by atoms with Crippen molar-refractivity contribution >= 4 is 24.4 Å². The van der Waals surface area contributed by atoms with E-state index in [1.807, 2.05) is 12.2 Å². The molecule has 0 aromatic carbocycles. The van der Waals surface area contributed by atoms with Gasteiger partial charge in [0.25, 0.3) is 0 Å². The monoisotopic (exact) mass is 435 g/mol. The van der Waals surface area contributed by atoms with Crippen LogP contribution in [0.5, 0.6) is 0 Å². The van der Waals surface area contributed by atoms with Crippen molar-refractivity contribution in [2.24, 2.45) is 0 Å². The Morgan fingerprint density at radius 2 is 1.20 bits per heavy atom. The lowest BCUT2D eigenvalue weighted by molar-refractivity contribution is -0.154. The summed E-state index contributed by atoms with van der Waals surface area (Å²) in [6, 6.07) is 0. The topological polar surface area (TPSA) is 57.6 Å². The maximum absolute atomic E-state index is 12.4. The zero-order chi connectivity index (χ0) is 23.3. The van der Waals surface area contributed by atoms with E-state index in [4.69, 9.17) is 0 Å². The van der Waals surface area contributed by atoms with Crippen molar-refractivity contribution in [1.29, 1.82) is 0 Å². The van der Waals surface area contributed by atoms with Gasteiger partial charge in [-0.05, 0) is 74.1 Å². The Morgan fingerprint density at radius 3 is 1.47 bits per heavy atom. The van der Waals surface area contributed by atoms with Crippen LogP contribution < -0.4 is 0 Å². The maximum Gasteiger partial charge on any atom is 0.332 e. The molecule has 0 spiro atoms. The van der Waals surface area contributed by atoms with Crippen molar-refractivity contribution in [2.75, 3.05) is 18.8 Å². The summed E-state index contributed by atoms with van der Waals surface area (Å²) in [6.45, 7) is 14.5. The van der Waals surface area contributed by atoms with E-state index in [2.05, 4.69) is 66.3 Å². The predicted molar refractivity (Wildman–Crippen MR) is 131 cm³/mol. The Bertz CT molecular complexity index is 639. The van der Waals surface area contributed by atoms with E-state index >= 15 is 0 Å². The molecule has 0 aliphatic heterocycles. The number of hydrogen-bond acceptors (Lipinski definition) is 4. The summed E-state index contributed by atoms with van der Waals surface area (Å²) in [6.07, 6.45) is 12.2. The second-order valence-corrected chi connectivity index (χ2v) is 8.84. The number of rotatable bonds is 14. The molecule has 0 aliphatic rings. The van der Waals surface area contributed by atoms with Gasteiger partial charge < -0.3 is 5.11 Å². The standard InChI is InChI=1S/C25H41NO3S/c1-19(2)10-8-12-21(5)14-16-26(25(18-30,23(7)27)24(28)29)17-15-22(6)13-9-11-20(3)4/h10-11,14-15,30H,8-9,12-13,16-18H2,1-7H3,(H,28,29)/t25-/m1/s1. The fourth-order valence-electron chi connectivity index (χ4n) is 3.09. The number of nitrogens with zero attached hydrogens (tertiary/aromatic N) is 1. The highest BCUT2D eigenvalue weighted by Gasteiger charge is 2.47. The molecule has 0 radical (unpaired) electrons. The van der Waals surface area contributed by atoms with Gasteiger partial charge in [0.05, 0.1) is 0 Å². The van der Waals surface area contributed by atoms with Gasteiger partial charge in [-0.1, -0.05) is 46.6 Å². The Kier molecular flexibility index (Phi) is 13.7. The minimum Gasteiger partial charge on any atom is -0.480 e. The van der Waals surface area contributed by atoms with Gasteiger partial charge >= 0.3 is 5.97 Å². The summed E-state index contributed by atoms with van der Waals surface area (Å²) < 4.78 is 0. The molecule has 0 saturated carbocycles. The number of carboxylic acids is 1. The molecule has 0 aromatic rings. The van der Waals surface area contributed by atoms with Crippen LogP contribution in [0.1, 0.15) is 74.1 Å². The number of ketones is 1. The van der Waals surface area contributed by atoms with Crippen molar-refractivity contribution in [3.63, 3.8) is 0 Å². The van der Waals surface area contributed by atoms with Crippen molar-refractivity contribution in [2.45, 2.75) is 79.7 Å². The number of hydrogen-bond donors (Lipinski definition) is 2. The lowest BCUT2D eigenvalue weighted by Gasteiger charge is -2.36. The molecule has 4 nitrogen and oxygen atoms in total. The van der Waals surface area contributed by atoms with Crippen molar-refractivity contribution in [1.82, 2.24) is 4.90 Å². The quantitative estimate of drug-likeness (QED) is 0.199. The van der Waals surface area contributed by atoms with E-state index in [1.54, 1.807) is 4.90 Å². The highest BCUT2D eigenvalue weighted by molar-refractivity contribution is 7.80. The third-order valence-electron chi connectivity index (χ3n) is 5.21. The summed E-state index contributed by atoms with van der Waals surface area (Å²) in [5, 5.41) is 9.93. The Hall–Kier alpha value is -1.59. The highest BCUT2D eigenvalue weighted by atomic mass is 32.1.